The van der Waals surface area contributed by atoms with E-state index in [4.69, 9.17) is 0 Å². The molecule has 0 N–H and O–H groups in total. The van der Waals surface area contributed by atoms with Crippen LogP contribution in [-0.4, -0.2) is 21.2 Å². The van der Waals surface area contributed by atoms with Crippen LogP contribution in [0.25, 0.3) is 0 Å². The third kappa shape index (κ3) is 8.33. The normalized spacial score (nSPS) is 14.1. The summed E-state index contributed by atoms with van der Waals surface area (Å²) in [7, 11) is 0. The van der Waals surface area contributed by atoms with Gasteiger partial charge in [-0.2, -0.15) is 0 Å². The van der Waals surface area contributed by atoms with E-state index in [9.17, 15) is 0 Å². The Morgan fingerprint density at radius 3 is 1.42 bits per heavy atom. The molecule has 0 saturated heterocycles. The molecular weight excluding hydrogens is 403 g/mol. The molecule has 0 bridgehead atoms. The summed E-state index contributed by atoms with van der Waals surface area (Å²) in [5.41, 5.74) is 0. The SMILES string of the molecule is CCC[CH2][Sn]([CH2]CCC)([CH2]CCC)[CH](Br)CC(C)C. The van der Waals surface area contributed by atoms with Gasteiger partial charge < -0.3 is 0 Å². The van der Waals surface area contributed by atoms with E-state index in [2.05, 4.69) is 50.5 Å². The second-order valence-electron chi connectivity index (χ2n) is 6.77. The Morgan fingerprint density at radius 2 is 1.16 bits per heavy atom. The molecule has 0 aromatic rings. The molecule has 0 aliphatic heterocycles. The van der Waals surface area contributed by atoms with Crippen molar-refractivity contribution in [3.8, 4) is 0 Å². The number of alkyl halides is 1. The van der Waals surface area contributed by atoms with Crippen LogP contribution in [0.2, 0.25) is 13.3 Å². The van der Waals surface area contributed by atoms with E-state index in [0.29, 0.717) is 0 Å². The van der Waals surface area contributed by atoms with Gasteiger partial charge in [0.15, 0.2) is 0 Å². The van der Waals surface area contributed by atoms with Gasteiger partial charge in [-0.25, -0.2) is 0 Å². The standard InChI is InChI=1S/C5H10Br.3C4H9.Sn/c1-5(2)3-4-6;3*1-3-4-2;/h4-5H,3H2,1-2H3;3*1,3-4H2,2H3;. The minimum atomic E-state index is -1.96. The predicted molar refractivity (Wildman–Crippen MR) is 97.1 cm³/mol. The van der Waals surface area contributed by atoms with E-state index in [1.54, 1.807) is 13.3 Å². The Bertz CT molecular complexity index is 182. The van der Waals surface area contributed by atoms with E-state index < -0.39 is 18.4 Å². The molecule has 0 radical (unpaired) electrons. The molecule has 0 spiro atoms. The molecule has 1 atom stereocenters. The van der Waals surface area contributed by atoms with Gasteiger partial charge in [-0.1, -0.05) is 0 Å². The quantitative estimate of drug-likeness (QED) is 0.223. The van der Waals surface area contributed by atoms with Crippen LogP contribution >= 0.6 is 15.9 Å². The van der Waals surface area contributed by atoms with Crippen molar-refractivity contribution in [3.05, 3.63) is 0 Å². The fourth-order valence-corrected chi connectivity index (χ4v) is 25.1. The van der Waals surface area contributed by atoms with Crippen molar-refractivity contribution in [1.82, 2.24) is 0 Å². The maximum absolute atomic E-state index is 4.19. The van der Waals surface area contributed by atoms with Crippen LogP contribution in [-0.2, 0) is 0 Å². The van der Waals surface area contributed by atoms with Crippen molar-refractivity contribution in [2.45, 2.75) is 95.7 Å². The molecule has 0 fully saturated rings. The van der Waals surface area contributed by atoms with Crippen molar-refractivity contribution in [2.24, 2.45) is 5.92 Å². The molecule has 2 heteroatoms. The van der Waals surface area contributed by atoms with E-state index in [1.165, 1.54) is 44.9 Å². The van der Waals surface area contributed by atoms with Crippen molar-refractivity contribution in [1.29, 1.82) is 0 Å². The van der Waals surface area contributed by atoms with Gasteiger partial charge in [0, 0.05) is 0 Å². The van der Waals surface area contributed by atoms with Gasteiger partial charge in [-0.3, -0.25) is 0 Å². The molecule has 0 aliphatic carbocycles. The number of hydrogen-bond donors (Lipinski definition) is 0. The Labute approximate surface area is 135 Å². The van der Waals surface area contributed by atoms with E-state index in [-0.39, 0.29) is 0 Å². The zero-order valence-electron chi connectivity index (χ0n) is 14.1. The molecule has 0 amide bonds. The summed E-state index contributed by atoms with van der Waals surface area (Å²) in [4.78, 5) is 0. The summed E-state index contributed by atoms with van der Waals surface area (Å²) >= 11 is 2.22. The second kappa shape index (κ2) is 11.9. The fourth-order valence-electron chi connectivity index (χ4n) is 3.10. The number of unbranched alkanes of at least 4 members (excludes halogenated alkanes) is 3. The van der Waals surface area contributed by atoms with Crippen LogP contribution in [0.15, 0.2) is 0 Å². The van der Waals surface area contributed by atoms with Gasteiger partial charge in [0.05, 0.1) is 0 Å². The van der Waals surface area contributed by atoms with Gasteiger partial charge in [-0.05, 0) is 0 Å². The molecule has 0 nitrogen and oxygen atoms in total. The average Bonchev–Trinajstić information content (AvgIpc) is 2.37. The minimum absolute atomic E-state index is 0.852. The second-order valence-corrected chi connectivity index (χ2v) is 24.3. The summed E-state index contributed by atoms with van der Waals surface area (Å²) in [5.74, 6) is 0.852. The van der Waals surface area contributed by atoms with Crippen molar-refractivity contribution in [3.63, 3.8) is 0 Å². The third-order valence-electron chi connectivity index (χ3n) is 4.43. The van der Waals surface area contributed by atoms with E-state index >= 15 is 0 Å². The van der Waals surface area contributed by atoms with Crippen LogP contribution in [0, 0.1) is 5.92 Å². The molecular formula is C17H37BrSn. The molecule has 0 saturated carbocycles. The first kappa shape index (κ1) is 20.3. The molecule has 0 aromatic heterocycles. The van der Waals surface area contributed by atoms with Gasteiger partial charge in [-0.15, -0.1) is 0 Å². The monoisotopic (exact) mass is 440 g/mol. The molecule has 0 rings (SSSR count). The molecule has 116 valence electrons. The van der Waals surface area contributed by atoms with Gasteiger partial charge in [0.25, 0.3) is 0 Å². The number of hydrogen-bond acceptors (Lipinski definition) is 0. The number of halogens is 1. The zero-order chi connectivity index (χ0) is 14.7. The summed E-state index contributed by atoms with van der Waals surface area (Å²) in [6, 6.07) is 0. The molecule has 0 aromatic carbocycles. The van der Waals surface area contributed by atoms with E-state index in [1.807, 2.05) is 0 Å². The Morgan fingerprint density at radius 1 is 0.789 bits per heavy atom. The zero-order valence-corrected chi connectivity index (χ0v) is 18.5. The van der Waals surface area contributed by atoms with Gasteiger partial charge in [0.1, 0.15) is 0 Å². The van der Waals surface area contributed by atoms with Crippen LogP contribution in [0.4, 0.5) is 0 Å². The first-order valence-electron chi connectivity index (χ1n) is 8.66. The van der Waals surface area contributed by atoms with Crippen LogP contribution in [0.1, 0.15) is 79.6 Å². The van der Waals surface area contributed by atoms with Crippen molar-refractivity contribution >= 4 is 34.3 Å². The van der Waals surface area contributed by atoms with Gasteiger partial charge in [0.2, 0.25) is 0 Å². The van der Waals surface area contributed by atoms with E-state index in [0.717, 1.165) is 8.76 Å². The van der Waals surface area contributed by atoms with Crippen LogP contribution in [0.3, 0.4) is 0 Å². The number of rotatable bonds is 12. The molecule has 1 unspecified atom stereocenters. The average molecular weight is 440 g/mol. The molecule has 0 heterocycles. The molecule has 19 heavy (non-hydrogen) atoms. The predicted octanol–water partition coefficient (Wildman–Crippen LogP) is 7.18. The summed E-state index contributed by atoms with van der Waals surface area (Å²) in [6.45, 7) is 11.9. The molecule has 0 aliphatic rings. The summed E-state index contributed by atoms with van der Waals surface area (Å²) in [5, 5.41) is 0. The van der Waals surface area contributed by atoms with Gasteiger partial charge >= 0.3 is 136 Å². The van der Waals surface area contributed by atoms with Crippen molar-refractivity contribution < 1.29 is 0 Å². The first-order valence-corrected chi connectivity index (χ1v) is 17.3. The Hall–Kier alpha value is 1.28. The Kier molecular flexibility index (Phi) is 12.7. The fraction of sp³-hybridized carbons (Fsp3) is 1.00. The van der Waals surface area contributed by atoms with Crippen LogP contribution < -0.4 is 0 Å². The first-order chi connectivity index (χ1) is 9.02. The topological polar surface area (TPSA) is 0 Å². The van der Waals surface area contributed by atoms with Crippen LogP contribution in [0.5, 0.6) is 0 Å². The Balaban J connectivity index is 4.84. The van der Waals surface area contributed by atoms with Crippen molar-refractivity contribution in [2.75, 3.05) is 0 Å². The third-order valence-corrected chi connectivity index (χ3v) is 27.3. The summed E-state index contributed by atoms with van der Waals surface area (Å²) in [6.07, 6.45) is 10.1. The summed E-state index contributed by atoms with van der Waals surface area (Å²) < 4.78 is 5.82. The maximum atomic E-state index is 4.19.